The zero-order valence-corrected chi connectivity index (χ0v) is 22.5. The first-order valence-corrected chi connectivity index (χ1v) is 13.0. The lowest BCUT2D eigenvalue weighted by Crippen LogP contribution is -2.50. The number of amides is 1. The van der Waals surface area contributed by atoms with Gasteiger partial charge in [0, 0.05) is 56.6 Å². The number of benzene rings is 2. The number of halogens is 1. The van der Waals surface area contributed by atoms with Gasteiger partial charge in [-0.3, -0.25) is 9.59 Å². The third-order valence-corrected chi connectivity index (χ3v) is 6.94. The Hall–Kier alpha value is -3.29. The maximum Gasteiger partial charge on any atom is 0.259 e. The molecule has 0 aliphatic carbocycles. The van der Waals surface area contributed by atoms with E-state index in [0.29, 0.717) is 56.5 Å². The van der Waals surface area contributed by atoms with E-state index in [1.165, 1.54) is 0 Å². The van der Waals surface area contributed by atoms with Crippen molar-refractivity contribution in [1.82, 2.24) is 9.47 Å². The van der Waals surface area contributed by atoms with Crippen molar-refractivity contribution < 1.29 is 14.3 Å². The number of carbonyl (C=O) groups is 1. The Morgan fingerprint density at radius 2 is 1.78 bits per heavy atom. The van der Waals surface area contributed by atoms with E-state index >= 15 is 0 Å². The fourth-order valence-corrected chi connectivity index (χ4v) is 5.11. The number of aromatic nitrogens is 1. The summed E-state index contributed by atoms with van der Waals surface area (Å²) < 4.78 is 13.3. The third-order valence-electron chi connectivity index (χ3n) is 6.71. The van der Waals surface area contributed by atoms with Gasteiger partial charge in [-0.1, -0.05) is 35.9 Å². The molecule has 2 aromatic carbocycles. The van der Waals surface area contributed by atoms with Crippen LogP contribution in [0.25, 0.3) is 0 Å². The number of anilines is 1. The molecule has 1 aliphatic heterocycles. The molecule has 1 saturated heterocycles. The van der Waals surface area contributed by atoms with E-state index in [2.05, 4.69) is 4.90 Å². The number of carbonyl (C=O) groups excluding carboxylic acids is 1. The van der Waals surface area contributed by atoms with Gasteiger partial charge in [0.05, 0.1) is 24.6 Å². The zero-order valence-electron chi connectivity index (χ0n) is 21.7. The minimum atomic E-state index is -0.266. The van der Waals surface area contributed by atoms with Crippen molar-refractivity contribution in [2.24, 2.45) is 0 Å². The molecule has 0 saturated carbocycles. The van der Waals surface area contributed by atoms with Gasteiger partial charge in [-0.2, -0.15) is 0 Å². The summed E-state index contributed by atoms with van der Waals surface area (Å²) in [5.41, 5.74) is 3.46. The SMILES string of the molecule is CCOc1ccccc1N1CCN(C(=O)c2c(COC)n(CCc3cccc(Cl)c3)c(C)cc2=O)CC1. The third kappa shape index (κ3) is 6.17. The number of hydrogen-bond donors (Lipinski definition) is 0. The first kappa shape index (κ1) is 26.8. The molecule has 0 atom stereocenters. The fraction of sp³-hybridized carbons (Fsp3) is 0.379. The first-order chi connectivity index (χ1) is 17.9. The van der Waals surface area contributed by atoms with Crippen LogP contribution in [0, 0.1) is 6.92 Å². The lowest BCUT2D eigenvalue weighted by Gasteiger charge is -2.37. The molecule has 0 spiro atoms. The summed E-state index contributed by atoms with van der Waals surface area (Å²) in [6, 6.07) is 17.2. The van der Waals surface area contributed by atoms with E-state index in [1.54, 1.807) is 18.1 Å². The number of para-hydroxylation sites is 2. The molecular formula is C29H34ClN3O4. The van der Waals surface area contributed by atoms with Crippen molar-refractivity contribution in [3.05, 3.63) is 92.4 Å². The molecule has 3 aromatic rings. The lowest BCUT2D eigenvalue weighted by atomic mass is 10.1. The van der Waals surface area contributed by atoms with Crippen LogP contribution in [0.2, 0.25) is 5.02 Å². The molecule has 0 radical (unpaired) electrons. The van der Waals surface area contributed by atoms with Crippen molar-refractivity contribution >= 4 is 23.2 Å². The van der Waals surface area contributed by atoms with Gasteiger partial charge in [0.25, 0.3) is 5.91 Å². The van der Waals surface area contributed by atoms with Crippen LogP contribution in [-0.4, -0.2) is 55.3 Å². The Morgan fingerprint density at radius 3 is 2.49 bits per heavy atom. The summed E-state index contributed by atoms with van der Waals surface area (Å²) in [5.74, 6) is 0.597. The molecule has 196 valence electrons. The standard InChI is InChI=1S/C29H34ClN3O4/c1-4-37-27-11-6-5-10-24(27)31-14-16-32(17-15-31)29(35)28-25(20-36-3)33(21(2)18-26(28)34)13-12-22-8-7-9-23(30)19-22/h5-11,18-19H,4,12-17,20H2,1-3H3. The van der Waals surface area contributed by atoms with Crippen LogP contribution in [0.5, 0.6) is 5.75 Å². The molecule has 4 rings (SSSR count). The summed E-state index contributed by atoms with van der Waals surface area (Å²) in [6.45, 7) is 7.57. The smallest absolute Gasteiger partial charge is 0.259 e. The first-order valence-electron chi connectivity index (χ1n) is 12.7. The van der Waals surface area contributed by atoms with Crippen LogP contribution in [-0.2, 0) is 24.3 Å². The van der Waals surface area contributed by atoms with Crippen molar-refractivity contribution in [2.45, 2.75) is 33.4 Å². The summed E-state index contributed by atoms with van der Waals surface area (Å²) in [4.78, 5) is 30.8. The topological polar surface area (TPSA) is 64.0 Å². The molecule has 2 heterocycles. The Balaban J connectivity index is 1.56. The average Bonchev–Trinajstić information content (AvgIpc) is 2.89. The van der Waals surface area contributed by atoms with Crippen molar-refractivity contribution in [2.75, 3.05) is 44.8 Å². The van der Waals surface area contributed by atoms with E-state index in [9.17, 15) is 9.59 Å². The predicted octanol–water partition coefficient (Wildman–Crippen LogP) is 4.56. The monoisotopic (exact) mass is 523 g/mol. The molecule has 1 fully saturated rings. The highest BCUT2D eigenvalue weighted by Crippen LogP contribution is 2.29. The minimum absolute atomic E-state index is 0.176. The highest BCUT2D eigenvalue weighted by Gasteiger charge is 2.28. The molecule has 1 aliphatic rings. The van der Waals surface area contributed by atoms with Crippen molar-refractivity contribution in [3.63, 3.8) is 0 Å². The molecule has 1 amide bonds. The Labute approximate surface area is 223 Å². The molecule has 0 unspecified atom stereocenters. The molecule has 8 heteroatoms. The average molecular weight is 524 g/mol. The highest BCUT2D eigenvalue weighted by atomic mass is 35.5. The predicted molar refractivity (Wildman–Crippen MR) is 147 cm³/mol. The van der Waals surface area contributed by atoms with Crippen molar-refractivity contribution in [3.8, 4) is 5.75 Å². The number of ether oxygens (including phenoxy) is 2. The Morgan fingerprint density at radius 1 is 1.03 bits per heavy atom. The number of nitrogens with zero attached hydrogens (tertiary/aromatic N) is 3. The lowest BCUT2D eigenvalue weighted by molar-refractivity contribution is 0.0738. The summed E-state index contributed by atoms with van der Waals surface area (Å²) in [5, 5.41) is 0.685. The second-order valence-corrected chi connectivity index (χ2v) is 9.55. The summed E-state index contributed by atoms with van der Waals surface area (Å²) >= 11 is 6.16. The van der Waals surface area contributed by atoms with Crippen LogP contribution >= 0.6 is 11.6 Å². The number of methoxy groups -OCH3 is 1. The van der Waals surface area contributed by atoms with Gasteiger partial charge in [0.15, 0.2) is 5.43 Å². The normalized spacial score (nSPS) is 13.6. The molecule has 7 nitrogen and oxygen atoms in total. The molecule has 0 bridgehead atoms. The number of hydrogen-bond acceptors (Lipinski definition) is 5. The second kappa shape index (κ2) is 12.3. The highest BCUT2D eigenvalue weighted by molar-refractivity contribution is 6.30. The van der Waals surface area contributed by atoms with E-state index < -0.39 is 0 Å². The van der Waals surface area contributed by atoms with Gasteiger partial charge in [0.1, 0.15) is 11.3 Å². The van der Waals surface area contributed by atoms with Crippen molar-refractivity contribution in [1.29, 1.82) is 0 Å². The van der Waals surface area contributed by atoms with Crippen LogP contribution in [0.3, 0.4) is 0 Å². The largest absolute Gasteiger partial charge is 0.492 e. The van der Waals surface area contributed by atoms with E-state index in [4.69, 9.17) is 21.1 Å². The van der Waals surface area contributed by atoms with E-state index in [-0.39, 0.29) is 23.5 Å². The number of piperazine rings is 1. The van der Waals surface area contributed by atoms with Gasteiger partial charge in [-0.25, -0.2) is 0 Å². The fourth-order valence-electron chi connectivity index (χ4n) is 4.89. The quantitative estimate of drug-likeness (QED) is 0.411. The molecule has 1 aromatic heterocycles. The van der Waals surface area contributed by atoms with Gasteiger partial charge in [-0.05, 0) is 50.1 Å². The maximum absolute atomic E-state index is 13.7. The summed E-state index contributed by atoms with van der Waals surface area (Å²) in [7, 11) is 1.58. The maximum atomic E-state index is 13.7. The van der Waals surface area contributed by atoms with E-state index in [0.717, 1.165) is 22.7 Å². The minimum Gasteiger partial charge on any atom is -0.492 e. The number of rotatable bonds is 9. The van der Waals surface area contributed by atoms with Crippen LogP contribution in [0.15, 0.2) is 59.4 Å². The van der Waals surface area contributed by atoms with Gasteiger partial charge < -0.3 is 23.8 Å². The number of pyridine rings is 1. The molecular weight excluding hydrogens is 490 g/mol. The Kier molecular flexibility index (Phi) is 8.90. The molecule has 37 heavy (non-hydrogen) atoms. The van der Waals surface area contributed by atoms with Crippen LogP contribution < -0.4 is 15.1 Å². The van der Waals surface area contributed by atoms with Crippen LogP contribution in [0.4, 0.5) is 5.69 Å². The second-order valence-electron chi connectivity index (χ2n) is 9.12. The van der Waals surface area contributed by atoms with Gasteiger partial charge >= 0.3 is 0 Å². The summed E-state index contributed by atoms with van der Waals surface area (Å²) in [6.07, 6.45) is 0.715. The Bertz CT molecular complexity index is 1300. The molecule has 0 N–H and O–H groups in total. The number of aryl methyl sites for hydroxylation is 2. The van der Waals surface area contributed by atoms with Crippen LogP contribution in [0.1, 0.15) is 34.2 Å². The van der Waals surface area contributed by atoms with Gasteiger partial charge in [0.2, 0.25) is 0 Å². The zero-order chi connectivity index (χ0) is 26.4. The van der Waals surface area contributed by atoms with Gasteiger partial charge in [-0.15, -0.1) is 0 Å². The van der Waals surface area contributed by atoms with E-state index in [1.807, 2.05) is 66.9 Å².